The summed E-state index contributed by atoms with van der Waals surface area (Å²) in [5, 5.41) is 3.06. The van der Waals surface area contributed by atoms with E-state index in [0.29, 0.717) is 18.2 Å². The van der Waals surface area contributed by atoms with E-state index in [4.69, 9.17) is 4.74 Å². The van der Waals surface area contributed by atoms with Gasteiger partial charge in [-0.2, -0.15) is 0 Å². The smallest absolute Gasteiger partial charge is 0.333 e. The molecule has 32 heavy (non-hydrogen) atoms. The number of rotatable bonds is 8. The van der Waals surface area contributed by atoms with E-state index in [1.165, 1.54) is 0 Å². The minimum atomic E-state index is -0.678. The summed E-state index contributed by atoms with van der Waals surface area (Å²) in [6.45, 7) is 15.8. The first-order chi connectivity index (χ1) is 14.7. The fraction of sp³-hybridized carbons (Fsp3) is 0.800. The van der Waals surface area contributed by atoms with Gasteiger partial charge >= 0.3 is 5.97 Å². The lowest BCUT2D eigenvalue weighted by molar-refractivity contribution is -0.142. The molecule has 0 radical (unpaired) electrons. The van der Waals surface area contributed by atoms with Crippen molar-refractivity contribution in [3.8, 4) is 0 Å². The predicted octanol–water partition coefficient (Wildman–Crippen LogP) is 3.38. The number of carbonyl (C=O) groups excluding carboxylic acids is 3. The van der Waals surface area contributed by atoms with Crippen molar-refractivity contribution < 1.29 is 19.1 Å². The van der Waals surface area contributed by atoms with Gasteiger partial charge in [-0.05, 0) is 58.4 Å². The van der Waals surface area contributed by atoms with Gasteiger partial charge in [0.1, 0.15) is 6.04 Å². The summed E-state index contributed by atoms with van der Waals surface area (Å²) in [6, 6.07) is -0.866. The minimum Gasteiger partial charge on any atom is -0.463 e. The van der Waals surface area contributed by atoms with Gasteiger partial charge in [-0.25, -0.2) is 4.79 Å². The largest absolute Gasteiger partial charge is 0.463 e. The molecule has 1 fully saturated rings. The Labute approximate surface area is 194 Å². The lowest BCUT2D eigenvalue weighted by Gasteiger charge is -2.40. The van der Waals surface area contributed by atoms with E-state index in [-0.39, 0.29) is 35.8 Å². The van der Waals surface area contributed by atoms with Crippen molar-refractivity contribution in [3.63, 3.8) is 0 Å². The summed E-state index contributed by atoms with van der Waals surface area (Å²) >= 11 is 0. The molecule has 0 aromatic rings. The highest BCUT2D eigenvalue weighted by Gasteiger charge is 2.39. The molecule has 1 aliphatic rings. The third-order valence-electron chi connectivity index (χ3n) is 6.48. The summed E-state index contributed by atoms with van der Waals surface area (Å²) in [5.74, 6) is -0.562. The molecule has 1 aliphatic heterocycles. The SMILES string of the molecule is CCOC(=O)/C(C)=C/[C@H](C(C)C)N(C)C(=O)[C@@H](NC(=O)C1CCCC(C)N1C)C(C)(C)C. The number of esters is 1. The minimum absolute atomic E-state index is 0.0787. The second-order valence-corrected chi connectivity index (χ2v) is 10.5. The highest BCUT2D eigenvalue weighted by Crippen LogP contribution is 2.26. The normalized spacial score (nSPS) is 22.3. The quantitative estimate of drug-likeness (QED) is 0.452. The number of nitrogens with one attached hydrogen (secondary N) is 1. The van der Waals surface area contributed by atoms with Crippen molar-refractivity contribution in [3.05, 3.63) is 11.6 Å². The van der Waals surface area contributed by atoms with Gasteiger partial charge in [0, 0.05) is 18.7 Å². The van der Waals surface area contributed by atoms with E-state index < -0.39 is 11.5 Å². The summed E-state index contributed by atoms with van der Waals surface area (Å²) in [4.78, 5) is 42.7. The molecule has 2 amide bonds. The lowest BCUT2D eigenvalue weighted by atomic mass is 9.84. The Morgan fingerprint density at radius 1 is 1.22 bits per heavy atom. The molecule has 7 nitrogen and oxygen atoms in total. The second-order valence-electron chi connectivity index (χ2n) is 10.5. The molecule has 0 bridgehead atoms. The summed E-state index contributed by atoms with van der Waals surface area (Å²) in [7, 11) is 3.72. The topological polar surface area (TPSA) is 79.0 Å². The molecule has 1 saturated heterocycles. The van der Waals surface area contributed by atoms with Crippen LogP contribution in [0, 0.1) is 11.3 Å². The second kappa shape index (κ2) is 11.8. The summed E-state index contributed by atoms with van der Waals surface area (Å²) < 4.78 is 5.09. The van der Waals surface area contributed by atoms with Crippen LogP contribution in [0.2, 0.25) is 0 Å². The molecule has 4 atom stereocenters. The molecule has 1 rings (SSSR count). The Hall–Kier alpha value is -1.89. The van der Waals surface area contributed by atoms with Gasteiger partial charge in [-0.3, -0.25) is 14.5 Å². The molecule has 1 N–H and O–H groups in total. The number of amides is 2. The standard InChI is InChI=1S/C25H45N3O4/c1-11-32-24(31)17(4)15-20(16(2)3)28(10)23(30)21(25(6,7)8)26-22(29)19-14-12-13-18(5)27(19)9/h15-16,18-21H,11-14H2,1-10H3,(H,26,29)/b17-15+/t18?,19?,20-,21-/m1/s1. The molecular weight excluding hydrogens is 406 g/mol. The molecule has 0 aromatic heterocycles. The van der Waals surface area contributed by atoms with Crippen molar-refractivity contribution in [2.45, 2.75) is 98.8 Å². The summed E-state index contributed by atoms with van der Waals surface area (Å²) in [6.07, 6.45) is 4.67. The van der Waals surface area contributed by atoms with Crippen LogP contribution in [0.25, 0.3) is 0 Å². The van der Waals surface area contributed by atoms with E-state index in [0.717, 1.165) is 19.3 Å². The van der Waals surface area contributed by atoms with Crippen LogP contribution in [0.4, 0.5) is 0 Å². The van der Waals surface area contributed by atoms with Crippen LogP contribution in [0.5, 0.6) is 0 Å². The molecule has 0 saturated carbocycles. The van der Waals surface area contributed by atoms with Crippen LogP contribution in [0.15, 0.2) is 11.6 Å². The number of likely N-dealkylation sites (N-methyl/N-ethyl adjacent to an activating group) is 2. The molecule has 7 heteroatoms. The Morgan fingerprint density at radius 3 is 2.31 bits per heavy atom. The lowest BCUT2D eigenvalue weighted by Crippen LogP contribution is -2.60. The van der Waals surface area contributed by atoms with Gasteiger partial charge in [0.05, 0.1) is 18.7 Å². The Balaban J connectivity index is 3.12. The van der Waals surface area contributed by atoms with Gasteiger partial charge in [0.15, 0.2) is 0 Å². The Morgan fingerprint density at radius 2 is 1.81 bits per heavy atom. The maximum atomic E-state index is 13.6. The van der Waals surface area contributed by atoms with Gasteiger partial charge < -0.3 is 15.0 Å². The highest BCUT2D eigenvalue weighted by atomic mass is 16.5. The third-order valence-corrected chi connectivity index (χ3v) is 6.48. The van der Waals surface area contributed by atoms with E-state index in [1.54, 1.807) is 31.9 Å². The van der Waals surface area contributed by atoms with E-state index in [1.807, 2.05) is 41.7 Å². The van der Waals surface area contributed by atoms with Crippen molar-refractivity contribution >= 4 is 17.8 Å². The van der Waals surface area contributed by atoms with Crippen LogP contribution < -0.4 is 5.32 Å². The van der Waals surface area contributed by atoms with Crippen LogP contribution in [-0.2, 0) is 19.1 Å². The number of piperidine rings is 1. The fourth-order valence-corrected chi connectivity index (χ4v) is 4.20. The maximum Gasteiger partial charge on any atom is 0.333 e. The molecule has 2 unspecified atom stereocenters. The Bertz CT molecular complexity index is 696. The zero-order valence-corrected chi connectivity index (χ0v) is 21.8. The van der Waals surface area contributed by atoms with Gasteiger partial charge in [0.25, 0.3) is 0 Å². The highest BCUT2D eigenvalue weighted by molar-refractivity contribution is 5.91. The van der Waals surface area contributed by atoms with Crippen molar-refractivity contribution in [2.24, 2.45) is 11.3 Å². The zero-order valence-electron chi connectivity index (χ0n) is 21.8. The number of nitrogens with zero attached hydrogens (tertiary/aromatic N) is 2. The first-order valence-electron chi connectivity index (χ1n) is 11.9. The number of ether oxygens (including phenoxy) is 1. The first kappa shape index (κ1) is 28.1. The van der Waals surface area contributed by atoms with Crippen LogP contribution >= 0.6 is 0 Å². The number of likely N-dealkylation sites (tertiary alicyclic amines) is 1. The molecule has 0 spiro atoms. The van der Waals surface area contributed by atoms with Crippen LogP contribution in [-0.4, -0.2) is 72.5 Å². The predicted molar refractivity (Wildman–Crippen MR) is 128 cm³/mol. The number of carbonyl (C=O) groups is 3. The van der Waals surface area contributed by atoms with E-state index >= 15 is 0 Å². The van der Waals surface area contributed by atoms with Gasteiger partial charge in [-0.15, -0.1) is 0 Å². The van der Waals surface area contributed by atoms with E-state index in [9.17, 15) is 14.4 Å². The van der Waals surface area contributed by atoms with Crippen molar-refractivity contribution in [2.75, 3.05) is 20.7 Å². The zero-order chi connectivity index (χ0) is 24.8. The van der Waals surface area contributed by atoms with E-state index in [2.05, 4.69) is 17.1 Å². The molecular formula is C25H45N3O4. The van der Waals surface area contributed by atoms with Crippen molar-refractivity contribution in [1.82, 2.24) is 15.1 Å². The third kappa shape index (κ3) is 7.32. The van der Waals surface area contributed by atoms with Crippen LogP contribution in [0.1, 0.15) is 74.7 Å². The fourth-order valence-electron chi connectivity index (χ4n) is 4.20. The van der Waals surface area contributed by atoms with Gasteiger partial charge in [0.2, 0.25) is 11.8 Å². The average molecular weight is 452 g/mol. The molecule has 0 aliphatic carbocycles. The summed E-state index contributed by atoms with van der Waals surface area (Å²) in [5.41, 5.74) is 0.000687. The average Bonchev–Trinajstić information content (AvgIpc) is 2.69. The molecule has 0 aromatic carbocycles. The first-order valence-corrected chi connectivity index (χ1v) is 11.9. The van der Waals surface area contributed by atoms with Crippen LogP contribution in [0.3, 0.4) is 0 Å². The maximum absolute atomic E-state index is 13.6. The Kier molecular flexibility index (Phi) is 10.4. The number of hydrogen-bond acceptors (Lipinski definition) is 5. The van der Waals surface area contributed by atoms with Gasteiger partial charge in [-0.1, -0.05) is 40.7 Å². The monoisotopic (exact) mass is 451 g/mol. The number of hydrogen-bond donors (Lipinski definition) is 1. The van der Waals surface area contributed by atoms with Crippen molar-refractivity contribution in [1.29, 1.82) is 0 Å². The molecule has 1 heterocycles. The molecule has 184 valence electrons.